The zero-order chi connectivity index (χ0) is 19.8. The summed E-state index contributed by atoms with van der Waals surface area (Å²) in [5, 5.41) is 3.05. The molecule has 0 aromatic heterocycles. The predicted molar refractivity (Wildman–Crippen MR) is 86.6 cm³/mol. The highest BCUT2D eigenvalue weighted by atomic mass is 19.4. The number of nitrogens with one attached hydrogen (secondary N) is 1. The fourth-order valence-electron chi connectivity index (χ4n) is 3.03. The van der Waals surface area contributed by atoms with Crippen LogP contribution in [0.3, 0.4) is 0 Å². The van der Waals surface area contributed by atoms with Crippen molar-refractivity contribution in [2.24, 2.45) is 0 Å². The molecule has 0 amide bonds. The molecule has 1 aromatic carbocycles. The van der Waals surface area contributed by atoms with E-state index in [4.69, 9.17) is 9.47 Å². The van der Waals surface area contributed by atoms with E-state index in [1.54, 1.807) is 11.8 Å². The van der Waals surface area contributed by atoms with Crippen LogP contribution in [0.25, 0.3) is 0 Å². The highest BCUT2D eigenvalue weighted by Gasteiger charge is 2.50. The first-order chi connectivity index (χ1) is 12.6. The number of anilines is 1. The summed E-state index contributed by atoms with van der Waals surface area (Å²) in [6.45, 7) is 3.74. The molecule has 1 fully saturated rings. The first kappa shape index (κ1) is 19.0. The number of esters is 2. The lowest BCUT2D eigenvalue weighted by atomic mass is 10.0. The summed E-state index contributed by atoms with van der Waals surface area (Å²) in [5.41, 5.74) is -0.935. The van der Waals surface area contributed by atoms with E-state index in [2.05, 4.69) is 10.1 Å². The van der Waals surface area contributed by atoms with Gasteiger partial charge in [0.15, 0.2) is 0 Å². The molecule has 27 heavy (non-hydrogen) atoms. The Hall–Kier alpha value is -2.75. The van der Waals surface area contributed by atoms with Crippen LogP contribution in [0.1, 0.15) is 13.8 Å². The number of fused-ring (bicyclic) bond motifs is 1. The third-order valence-electron chi connectivity index (χ3n) is 4.19. The molecule has 7 nitrogen and oxygen atoms in total. The fraction of sp³-hybridized carbons (Fsp3) is 0.412. The minimum absolute atomic E-state index is 0.163. The van der Waals surface area contributed by atoms with E-state index in [1.165, 1.54) is 12.1 Å². The first-order valence-electron chi connectivity index (χ1n) is 8.08. The van der Waals surface area contributed by atoms with Gasteiger partial charge in [-0.3, -0.25) is 5.32 Å². The van der Waals surface area contributed by atoms with Gasteiger partial charge in [-0.25, -0.2) is 9.59 Å². The molecule has 0 aliphatic carbocycles. The third kappa shape index (κ3) is 4.16. The van der Waals surface area contributed by atoms with Crippen LogP contribution in [0.15, 0.2) is 36.4 Å². The number of hydrogen-bond acceptors (Lipinski definition) is 7. The SMILES string of the molecule is CC1CN(c2ccc(OC(F)(F)F)cc2)C2(C)OC(=O)/C=C/C(=O)OC2N1. The number of nitrogens with zero attached hydrogens (tertiary/aromatic N) is 1. The quantitative estimate of drug-likeness (QED) is 0.780. The fourth-order valence-corrected chi connectivity index (χ4v) is 3.03. The van der Waals surface area contributed by atoms with Gasteiger partial charge < -0.3 is 19.1 Å². The average Bonchev–Trinajstić information content (AvgIpc) is 2.55. The molecule has 3 unspecified atom stereocenters. The standard InChI is InChI=1S/C17H17F3N2O5/c1-10-9-22(11-3-5-12(6-4-11)26-17(18,19)20)16(2)15(21-10)25-13(23)7-8-14(24)27-16/h3-8,10,15,21H,9H2,1-2H3/b8-7+. The van der Waals surface area contributed by atoms with E-state index in [1.807, 2.05) is 6.92 Å². The zero-order valence-electron chi connectivity index (χ0n) is 14.4. The molecule has 1 saturated heterocycles. The van der Waals surface area contributed by atoms with Gasteiger partial charge >= 0.3 is 18.3 Å². The maximum atomic E-state index is 12.3. The molecule has 2 aliphatic heterocycles. The summed E-state index contributed by atoms with van der Waals surface area (Å²) in [6.07, 6.45) is -3.84. The Kier molecular flexibility index (Phi) is 4.77. The van der Waals surface area contributed by atoms with E-state index in [0.717, 1.165) is 24.3 Å². The Labute approximate surface area is 152 Å². The Morgan fingerprint density at radius 1 is 1.19 bits per heavy atom. The van der Waals surface area contributed by atoms with Gasteiger partial charge in [0.05, 0.1) is 0 Å². The molecule has 0 bridgehead atoms. The largest absolute Gasteiger partial charge is 0.573 e. The molecular formula is C17H17F3N2O5. The number of rotatable bonds is 2. The van der Waals surface area contributed by atoms with Crippen LogP contribution >= 0.6 is 0 Å². The lowest BCUT2D eigenvalue weighted by molar-refractivity contribution is -0.274. The summed E-state index contributed by atoms with van der Waals surface area (Å²) in [5.74, 6) is -1.82. The van der Waals surface area contributed by atoms with Crippen molar-refractivity contribution < 1.29 is 37.0 Å². The van der Waals surface area contributed by atoms with Crippen molar-refractivity contribution in [2.75, 3.05) is 11.4 Å². The molecule has 0 spiro atoms. The number of ether oxygens (including phenoxy) is 3. The van der Waals surface area contributed by atoms with E-state index in [0.29, 0.717) is 12.2 Å². The Morgan fingerprint density at radius 2 is 1.81 bits per heavy atom. The molecule has 3 atom stereocenters. The van der Waals surface area contributed by atoms with Gasteiger partial charge in [0, 0.05) is 37.3 Å². The smallest absolute Gasteiger partial charge is 0.437 e. The number of halogens is 3. The lowest BCUT2D eigenvalue weighted by Gasteiger charge is -2.51. The zero-order valence-corrected chi connectivity index (χ0v) is 14.4. The van der Waals surface area contributed by atoms with Gasteiger partial charge in [0.1, 0.15) is 5.75 Å². The Bertz CT molecular complexity index is 765. The second-order valence-corrected chi connectivity index (χ2v) is 6.35. The molecule has 3 rings (SSSR count). The highest BCUT2D eigenvalue weighted by molar-refractivity contribution is 5.92. The van der Waals surface area contributed by atoms with Gasteiger partial charge in [0.25, 0.3) is 0 Å². The summed E-state index contributed by atoms with van der Waals surface area (Å²) < 4.78 is 51.7. The number of benzene rings is 1. The minimum Gasteiger partial charge on any atom is -0.437 e. The van der Waals surface area contributed by atoms with Crippen molar-refractivity contribution in [2.45, 2.75) is 38.2 Å². The van der Waals surface area contributed by atoms with Crippen LogP contribution in [0.2, 0.25) is 0 Å². The maximum absolute atomic E-state index is 12.3. The highest BCUT2D eigenvalue weighted by Crippen LogP contribution is 2.35. The van der Waals surface area contributed by atoms with Crippen molar-refractivity contribution in [3.63, 3.8) is 0 Å². The summed E-state index contributed by atoms with van der Waals surface area (Å²) in [7, 11) is 0. The van der Waals surface area contributed by atoms with Crippen molar-refractivity contribution >= 4 is 17.6 Å². The molecule has 0 radical (unpaired) electrons. The van der Waals surface area contributed by atoms with Gasteiger partial charge in [-0.15, -0.1) is 13.2 Å². The molecular weight excluding hydrogens is 369 g/mol. The third-order valence-corrected chi connectivity index (χ3v) is 4.19. The summed E-state index contributed by atoms with van der Waals surface area (Å²) in [6, 6.07) is 4.97. The van der Waals surface area contributed by atoms with Crippen LogP contribution < -0.4 is 15.0 Å². The predicted octanol–water partition coefficient (Wildman–Crippen LogP) is 2.08. The van der Waals surface area contributed by atoms with E-state index in [9.17, 15) is 22.8 Å². The summed E-state index contributed by atoms with van der Waals surface area (Å²) in [4.78, 5) is 25.5. The monoisotopic (exact) mass is 386 g/mol. The molecule has 146 valence electrons. The topological polar surface area (TPSA) is 77.1 Å². The number of hydrogen-bond donors (Lipinski definition) is 1. The van der Waals surface area contributed by atoms with Crippen LogP contribution in [-0.2, 0) is 19.1 Å². The molecule has 2 heterocycles. The van der Waals surface area contributed by atoms with Crippen LogP contribution in [0.4, 0.5) is 18.9 Å². The van der Waals surface area contributed by atoms with Crippen molar-refractivity contribution in [1.29, 1.82) is 0 Å². The average molecular weight is 386 g/mol. The lowest BCUT2D eigenvalue weighted by Crippen LogP contribution is -2.71. The molecule has 10 heteroatoms. The van der Waals surface area contributed by atoms with E-state index < -0.39 is 30.3 Å². The minimum atomic E-state index is -4.79. The Balaban J connectivity index is 1.94. The van der Waals surface area contributed by atoms with Gasteiger partial charge in [0.2, 0.25) is 12.0 Å². The number of carbonyl (C=O) groups excluding carboxylic acids is 2. The van der Waals surface area contributed by atoms with E-state index in [-0.39, 0.29) is 11.8 Å². The van der Waals surface area contributed by atoms with Gasteiger partial charge in [-0.05, 0) is 31.2 Å². The van der Waals surface area contributed by atoms with Crippen molar-refractivity contribution in [3.8, 4) is 5.75 Å². The number of alkyl halides is 3. The van der Waals surface area contributed by atoms with Crippen molar-refractivity contribution in [1.82, 2.24) is 5.32 Å². The molecule has 1 N–H and O–H groups in total. The second-order valence-electron chi connectivity index (χ2n) is 6.35. The molecule has 2 aliphatic rings. The number of carbonyl (C=O) groups is 2. The van der Waals surface area contributed by atoms with Gasteiger partial charge in [-0.2, -0.15) is 0 Å². The van der Waals surface area contributed by atoms with Crippen LogP contribution in [0, 0.1) is 0 Å². The summed E-state index contributed by atoms with van der Waals surface area (Å²) >= 11 is 0. The van der Waals surface area contributed by atoms with Crippen molar-refractivity contribution in [3.05, 3.63) is 36.4 Å². The maximum Gasteiger partial charge on any atom is 0.573 e. The van der Waals surface area contributed by atoms with Crippen LogP contribution in [-0.4, -0.2) is 42.8 Å². The van der Waals surface area contributed by atoms with Crippen LogP contribution in [0.5, 0.6) is 5.75 Å². The molecule has 0 saturated carbocycles. The van der Waals surface area contributed by atoms with E-state index >= 15 is 0 Å². The second kappa shape index (κ2) is 6.76. The molecule has 1 aromatic rings. The number of piperazine rings is 1. The first-order valence-corrected chi connectivity index (χ1v) is 8.08. The Morgan fingerprint density at radius 3 is 2.44 bits per heavy atom. The van der Waals surface area contributed by atoms with Gasteiger partial charge in [-0.1, -0.05) is 0 Å². The normalized spacial score (nSPS) is 29.7.